The lowest BCUT2D eigenvalue weighted by atomic mass is 9.95. The normalized spacial score (nSPS) is 17.7. The number of benzene rings is 1. The van der Waals surface area contributed by atoms with Crippen LogP contribution in [-0.2, 0) is 28.8 Å². The lowest BCUT2D eigenvalue weighted by molar-refractivity contribution is -0.115. The minimum atomic E-state index is -0.174. The fourth-order valence-corrected chi connectivity index (χ4v) is 5.97. The molecule has 174 valence electrons. The number of fused-ring (bicyclic) bond motifs is 2. The molecule has 3 aromatic rings. The van der Waals surface area contributed by atoms with E-state index in [1.807, 2.05) is 18.2 Å². The van der Waals surface area contributed by atoms with Gasteiger partial charge in [0, 0.05) is 29.0 Å². The Morgan fingerprint density at radius 3 is 2.91 bits per heavy atom. The van der Waals surface area contributed by atoms with Crippen LogP contribution in [0.1, 0.15) is 52.0 Å². The highest BCUT2D eigenvalue weighted by atomic mass is 32.1. The van der Waals surface area contributed by atoms with Gasteiger partial charge in [-0.05, 0) is 62.3 Å². The average molecular weight is 469 g/mol. The molecular formula is C25H28N2O5S. The second kappa shape index (κ2) is 9.57. The zero-order chi connectivity index (χ0) is 22.8. The van der Waals surface area contributed by atoms with E-state index in [-0.39, 0.29) is 24.3 Å². The maximum atomic E-state index is 13.2. The van der Waals surface area contributed by atoms with Gasteiger partial charge in [0.25, 0.3) is 5.91 Å². The van der Waals surface area contributed by atoms with Crippen LogP contribution in [0.4, 0.5) is 5.00 Å². The van der Waals surface area contributed by atoms with Crippen molar-refractivity contribution in [3.05, 3.63) is 46.0 Å². The first-order valence-corrected chi connectivity index (χ1v) is 12.3. The van der Waals surface area contributed by atoms with Crippen LogP contribution in [-0.4, -0.2) is 38.2 Å². The number of furan rings is 1. The molecule has 2 N–H and O–H groups in total. The number of carbonyl (C=O) groups is 2. The number of amides is 2. The van der Waals surface area contributed by atoms with E-state index in [1.165, 1.54) is 16.2 Å². The molecule has 1 fully saturated rings. The van der Waals surface area contributed by atoms with Gasteiger partial charge in [-0.1, -0.05) is 0 Å². The van der Waals surface area contributed by atoms with Gasteiger partial charge in [0.1, 0.15) is 16.3 Å². The van der Waals surface area contributed by atoms with Crippen molar-refractivity contribution in [1.29, 1.82) is 0 Å². The summed E-state index contributed by atoms with van der Waals surface area (Å²) in [6.45, 7) is 1.25. The summed E-state index contributed by atoms with van der Waals surface area (Å²) in [7, 11) is 1.61. The van der Waals surface area contributed by atoms with Crippen LogP contribution in [0.25, 0.3) is 11.0 Å². The van der Waals surface area contributed by atoms with Gasteiger partial charge in [0.05, 0.1) is 31.5 Å². The third-order valence-corrected chi connectivity index (χ3v) is 7.58. The van der Waals surface area contributed by atoms with E-state index in [0.29, 0.717) is 28.4 Å². The molecule has 5 rings (SSSR count). The van der Waals surface area contributed by atoms with Gasteiger partial charge in [-0.3, -0.25) is 9.59 Å². The quantitative estimate of drug-likeness (QED) is 0.534. The summed E-state index contributed by atoms with van der Waals surface area (Å²) in [5.41, 5.74) is 3.20. The molecule has 33 heavy (non-hydrogen) atoms. The van der Waals surface area contributed by atoms with E-state index in [9.17, 15) is 9.59 Å². The minimum absolute atomic E-state index is 0.0767. The molecule has 3 heterocycles. The van der Waals surface area contributed by atoms with E-state index in [4.69, 9.17) is 13.9 Å². The van der Waals surface area contributed by atoms with E-state index >= 15 is 0 Å². The summed E-state index contributed by atoms with van der Waals surface area (Å²) in [5.74, 6) is 0.410. The number of rotatable bonds is 7. The Labute approximate surface area is 196 Å². The summed E-state index contributed by atoms with van der Waals surface area (Å²) in [5, 5.41) is 7.55. The number of anilines is 1. The van der Waals surface area contributed by atoms with Crippen molar-refractivity contribution in [1.82, 2.24) is 5.32 Å². The predicted molar refractivity (Wildman–Crippen MR) is 127 cm³/mol. The smallest absolute Gasteiger partial charge is 0.254 e. The van der Waals surface area contributed by atoms with Crippen molar-refractivity contribution >= 4 is 39.1 Å². The fraction of sp³-hybridized carbons (Fsp3) is 0.440. The lowest BCUT2D eigenvalue weighted by Gasteiger charge is -2.15. The highest BCUT2D eigenvalue weighted by molar-refractivity contribution is 7.17. The number of thiophene rings is 1. The number of methoxy groups -OCH3 is 1. The first-order valence-electron chi connectivity index (χ1n) is 11.5. The highest BCUT2D eigenvalue weighted by Crippen LogP contribution is 2.38. The standard InChI is InChI=1S/C25H28N2O5S/c1-30-16-8-9-20-19(12-16)15(14-32-20)11-22(28)27-25-23(18-6-2-3-7-21(18)33-25)24(29)26-13-17-5-4-10-31-17/h8-9,12,14,17H,2-7,10-11,13H2,1H3,(H,26,29)(H,27,28). The lowest BCUT2D eigenvalue weighted by Crippen LogP contribution is -2.32. The van der Waals surface area contributed by atoms with Gasteiger partial charge in [0.2, 0.25) is 5.91 Å². The Balaban J connectivity index is 1.34. The molecule has 1 atom stereocenters. The monoisotopic (exact) mass is 468 g/mol. The summed E-state index contributed by atoms with van der Waals surface area (Å²) in [6, 6.07) is 5.53. The Kier molecular flexibility index (Phi) is 6.37. The molecule has 2 amide bonds. The van der Waals surface area contributed by atoms with Gasteiger partial charge in [-0.15, -0.1) is 11.3 Å². The molecule has 0 spiro atoms. The minimum Gasteiger partial charge on any atom is -0.497 e. The van der Waals surface area contributed by atoms with E-state index in [1.54, 1.807) is 13.4 Å². The summed E-state index contributed by atoms with van der Waals surface area (Å²) in [6.07, 6.45) is 7.84. The molecule has 1 saturated heterocycles. The second-order valence-corrected chi connectivity index (χ2v) is 9.71. The first kappa shape index (κ1) is 22.0. The number of nitrogens with one attached hydrogen (secondary N) is 2. The van der Waals surface area contributed by atoms with Crippen LogP contribution in [0.5, 0.6) is 5.75 Å². The van der Waals surface area contributed by atoms with Gasteiger partial charge in [-0.25, -0.2) is 0 Å². The van der Waals surface area contributed by atoms with Gasteiger partial charge < -0.3 is 24.5 Å². The van der Waals surface area contributed by atoms with Gasteiger partial charge in [0.15, 0.2) is 0 Å². The molecule has 0 bridgehead atoms. The summed E-state index contributed by atoms with van der Waals surface area (Å²) < 4.78 is 16.5. The number of hydrogen-bond acceptors (Lipinski definition) is 6. The molecule has 7 nitrogen and oxygen atoms in total. The maximum Gasteiger partial charge on any atom is 0.254 e. The second-order valence-electron chi connectivity index (χ2n) is 8.61. The molecule has 1 aliphatic carbocycles. The summed E-state index contributed by atoms with van der Waals surface area (Å²) in [4.78, 5) is 27.4. The molecule has 2 aliphatic rings. The zero-order valence-corrected chi connectivity index (χ0v) is 19.5. The van der Waals surface area contributed by atoms with Gasteiger partial charge in [-0.2, -0.15) is 0 Å². The Morgan fingerprint density at radius 1 is 1.21 bits per heavy atom. The number of ether oxygens (including phenoxy) is 2. The molecule has 1 unspecified atom stereocenters. The average Bonchev–Trinajstić information content (AvgIpc) is 3.56. The van der Waals surface area contributed by atoms with Crippen LogP contribution < -0.4 is 15.4 Å². The van der Waals surface area contributed by atoms with Crippen LogP contribution in [0, 0.1) is 0 Å². The SMILES string of the molecule is COc1ccc2occ(CC(=O)Nc3sc4c(c3C(=O)NCC3CCCO3)CCCC4)c2c1. The van der Waals surface area contributed by atoms with Crippen molar-refractivity contribution in [3.8, 4) is 5.75 Å². The van der Waals surface area contributed by atoms with Crippen molar-refractivity contribution < 1.29 is 23.5 Å². The van der Waals surface area contributed by atoms with Crippen LogP contribution in [0.2, 0.25) is 0 Å². The molecule has 0 saturated carbocycles. The number of hydrogen-bond donors (Lipinski definition) is 2. The highest BCUT2D eigenvalue weighted by Gasteiger charge is 2.27. The van der Waals surface area contributed by atoms with Crippen molar-refractivity contribution in [2.45, 2.75) is 51.0 Å². The topological polar surface area (TPSA) is 89.8 Å². The Morgan fingerprint density at radius 2 is 2.09 bits per heavy atom. The number of aryl methyl sites for hydroxylation is 1. The third-order valence-electron chi connectivity index (χ3n) is 6.38. The first-order chi connectivity index (χ1) is 16.1. The molecule has 8 heteroatoms. The van der Waals surface area contributed by atoms with E-state index < -0.39 is 0 Å². The van der Waals surface area contributed by atoms with Crippen molar-refractivity contribution in [2.24, 2.45) is 0 Å². The molecule has 1 aliphatic heterocycles. The summed E-state index contributed by atoms with van der Waals surface area (Å²) >= 11 is 1.53. The van der Waals surface area contributed by atoms with E-state index in [2.05, 4.69) is 10.6 Å². The molecular weight excluding hydrogens is 440 g/mol. The molecule has 2 aromatic heterocycles. The third kappa shape index (κ3) is 4.63. The van der Waals surface area contributed by atoms with Crippen LogP contribution in [0.15, 0.2) is 28.9 Å². The van der Waals surface area contributed by atoms with Gasteiger partial charge >= 0.3 is 0 Å². The Bertz CT molecular complexity index is 1180. The largest absolute Gasteiger partial charge is 0.497 e. The molecule has 1 aromatic carbocycles. The predicted octanol–water partition coefficient (Wildman–Crippen LogP) is 4.47. The zero-order valence-electron chi connectivity index (χ0n) is 18.7. The fourth-order valence-electron chi connectivity index (χ4n) is 4.66. The maximum absolute atomic E-state index is 13.2. The van der Waals surface area contributed by atoms with Crippen molar-refractivity contribution in [2.75, 3.05) is 25.6 Å². The van der Waals surface area contributed by atoms with Crippen LogP contribution >= 0.6 is 11.3 Å². The van der Waals surface area contributed by atoms with E-state index in [0.717, 1.165) is 61.6 Å². The number of carbonyl (C=O) groups excluding carboxylic acids is 2. The van der Waals surface area contributed by atoms with Crippen molar-refractivity contribution in [3.63, 3.8) is 0 Å². The van der Waals surface area contributed by atoms with Crippen LogP contribution in [0.3, 0.4) is 0 Å². The Hall–Kier alpha value is -2.84. The molecule has 0 radical (unpaired) electrons.